The molecule has 41 heavy (non-hydrogen) atoms. The van der Waals surface area contributed by atoms with E-state index >= 15 is 0 Å². The number of benzene rings is 1. The number of hydrogen-bond donors (Lipinski definition) is 2. The summed E-state index contributed by atoms with van der Waals surface area (Å²) in [6.45, 7) is 12.2. The molecule has 1 aliphatic carbocycles. The highest BCUT2D eigenvalue weighted by Gasteiger charge is 2.41. The fourth-order valence-corrected chi connectivity index (χ4v) is 6.59. The van der Waals surface area contributed by atoms with Crippen molar-refractivity contribution in [3.05, 3.63) is 56.0 Å². The molecule has 1 saturated carbocycles. The average Bonchev–Trinajstić information content (AvgIpc) is 2.94. The second-order valence-electron chi connectivity index (χ2n) is 11.6. The van der Waals surface area contributed by atoms with E-state index in [2.05, 4.69) is 27.0 Å². The van der Waals surface area contributed by atoms with Crippen molar-refractivity contribution in [1.29, 1.82) is 0 Å². The number of halogens is 1. The van der Waals surface area contributed by atoms with E-state index in [0.717, 1.165) is 88.4 Å². The molecule has 3 aliphatic rings. The minimum absolute atomic E-state index is 0.107. The third-order valence-electron chi connectivity index (χ3n) is 8.69. The molecular weight excluding hydrogens is 544 g/mol. The number of aromatic nitrogens is 1. The zero-order valence-electron chi connectivity index (χ0n) is 24.5. The zero-order chi connectivity index (χ0) is 29.0. The second kappa shape index (κ2) is 13.2. The van der Waals surface area contributed by atoms with Gasteiger partial charge in [0.2, 0.25) is 0 Å². The third kappa shape index (κ3) is 6.91. The Bertz CT molecular complexity index is 1280. The Labute approximate surface area is 247 Å². The molecule has 9 nitrogen and oxygen atoms in total. The van der Waals surface area contributed by atoms with E-state index in [1.54, 1.807) is 6.07 Å². The van der Waals surface area contributed by atoms with Crippen molar-refractivity contribution >= 4 is 23.2 Å². The summed E-state index contributed by atoms with van der Waals surface area (Å²) in [7, 11) is 0. The molecule has 2 saturated heterocycles. The number of morpholine rings is 1. The van der Waals surface area contributed by atoms with Gasteiger partial charge in [0.05, 0.1) is 29.5 Å². The minimum Gasteiger partial charge on any atom is -0.486 e. The maximum Gasteiger partial charge on any atom is 0.253 e. The maximum absolute atomic E-state index is 13.7. The number of nitrogens with one attached hydrogen (secondary N) is 2. The Hall–Kier alpha value is -2.59. The van der Waals surface area contributed by atoms with E-state index in [-0.39, 0.29) is 29.7 Å². The second-order valence-corrected chi connectivity index (χ2v) is 12.0. The SMILES string of the molecule is CCN(c1cc(OC2(CN3CCOCC3)CCC2)cc(C(=O)NCc2c(C)cc(C)[nH]c2=O)c1Cl)C1CCOCC1. The molecule has 2 aromatic rings. The Morgan fingerprint density at radius 2 is 1.85 bits per heavy atom. The normalized spacial score (nSPS) is 19.4. The topological polar surface area (TPSA) is 96.1 Å². The molecule has 2 aliphatic heterocycles. The van der Waals surface area contributed by atoms with Crippen molar-refractivity contribution in [2.75, 3.05) is 57.5 Å². The molecule has 5 rings (SSSR count). The molecule has 1 aromatic carbocycles. The van der Waals surface area contributed by atoms with Gasteiger partial charge in [-0.2, -0.15) is 0 Å². The smallest absolute Gasteiger partial charge is 0.253 e. The highest BCUT2D eigenvalue weighted by atomic mass is 35.5. The number of hydrogen-bond acceptors (Lipinski definition) is 7. The first kappa shape index (κ1) is 29.9. The summed E-state index contributed by atoms with van der Waals surface area (Å²) < 4.78 is 18.0. The number of nitrogens with zero attached hydrogens (tertiary/aromatic N) is 2. The first-order chi connectivity index (χ1) is 19.8. The molecular formula is C31H43ClN4O5. The fourth-order valence-electron chi connectivity index (χ4n) is 6.28. The van der Waals surface area contributed by atoms with Crippen molar-refractivity contribution in [3.63, 3.8) is 0 Å². The summed E-state index contributed by atoms with van der Waals surface area (Å²) in [5, 5.41) is 3.34. The maximum atomic E-state index is 13.7. The standard InChI is InChI=1S/C31H43ClN4O5/c1-4-36(23-6-12-39-13-7-23)27-18-24(41-31(8-5-9-31)20-35-10-14-40-15-11-35)17-25(28(27)32)29(37)33-19-26-21(2)16-22(3)34-30(26)38/h16-18,23H,4-15,19-20H2,1-3H3,(H,33,37)(H,34,38). The molecule has 0 radical (unpaired) electrons. The molecule has 0 unspecified atom stereocenters. The van der Waals surface area contributed by atoms with E-state index in [9.17, 15) is 9.59 Å². The molecule has 10 heteroatoms. The molecule has 0 atom stereocenters. The highest BCUT2D eigenvalue weighted by Crippen LogP contribution is 2.42. The van der Waals surface area contributed by atoms with Crippen molar-refractivity contribution in [3.8, 4) is 5.75 Å². The number of ether oxygens (including phenoxy) is 3. The lowest BCUT2D eigenvalue weighted by Gasteiger charge is -2.46. The van der Waals surface area contributed by atoms with E-state index < -0.39 is 0 Å². The van der Waals surface area contributed by atoms with Crippen LogP contribution in [-0.4, -0.2) is 80.0 Å². The molecule has 224 valence electrons. The van der Waals surface area contributed by atoms with E-state index in [1.165, 1.54) is 0 Å². The lowest BCUT2D eigenvalue weighted by atomic mass is 9.79. The van der Waals surface area contributed by atoms with Crippen LogP contribution in [0.4, 0.5) is 5.69 Å². The first-order valence-corrected chi connectivity index (χ1v) is 15.3. The van der Waals surface area contributed by atoms with Crippen LogP contribution in [0.15, 0.2) is 23.0 Å². The minimum atomic E-state index is -0.333. The number of aromatic amines is 1. The van der Waals surface area contributed by atoms with Crippen LogP contribution >= 0.6 is 11.6 Å². The van der Waals surface area contributed by atoms with Crippen molar-refractivity contribution < 1.29 is 19.0 Å². The number of anilines is 1. The molecule has 0 bridgehead atoms. The number of rotatable bonds is 10. The van der Waals surface area contributed by atoms with Gasteiger partial charge in [-0.15, -0.1) is 0 Å². The van der Waals surface area contributed by atoms with Gasteiger partial charge in [-0.25, -0.2) is 0 Å². The quantitative estimate of drug-likeness (QED) is 0.430. The van der Waals surface area contributed by atoms with Gasteiger partial charge in [-0.05, 0) is 70.6 Å². The molecule has 1 aromatic heterocycles. The Morgan fingerprint density at radius 1 is 1.15 bits per heavy atom. The van der Waals surface area contributed by atoms with E-state index in [4.69, 9.17) is 25.8 Å². The van der Waals surface area contributed by atoms with Crippen LogP contribution in [0.25, 0.3) is 0 Å². The van der Waals surface area contributed by atoms with Crippen LogP contribution in [0.5, 0.6) is 5.75 Å². The summed E-state index contributed by atoms with van der Waals surface area (Å²) >= 11 is 7.03. The van der Waals surface area contributed by atoms with Crippen molar-refractivity contribution in [1.82, 2.24) is 15.2 Å². The van der Waals surface area contributed by atoms with Crippen LogP contribution in [0.2, 0.25) is 5.02 Å². The number of amides is 1. The predicted molar refractivity (Wildman–Crippen MR) is 160 cm³/mol. The van der Waals surface area contributed by atoms with E-state index in [1.807, 2.05) is 26.0 Å². The monoisotopic (exact) mass is 586 g/mol. The predicted octanol–water partition coefficient (Wildman–Crippen LogP) is 4.21. The fraction of sp³-hybridized carbons (Fsp3) is 0.613. The number of H-pyrrole nitrogens is 1. The van der Waals surface area contributed by atoms with Gasteiger partial charge in [-0.3, -0.25) is 14.5 Å². The van der Waals surface area contributed by atoms with Gasteiger partial charge in [-0.1, -0.05) is 11.6 Å². The van der Waals surface area contributed by atoms with Crippen LogP contribution in [0, 0.1) is 13.8 Å². The van der Waals surface area contributed by atoms with E-state index in [0.29, 0.717) is 35.1 Å². The molecule has 2 N–H and O–H groups in total. The Balaban J connectivity index is 1.45. The first-order valence-electron chi connectivity index (χ1n) is 14.9. The van der Waals surface area contributed by atoms with Gasteiger partial charge >= 0.3 is 0 Å². The van der Waals surface area contributed by atoms with Gasteiger partial charge in [0.15, 0.2) is 0 Å². The van der Waals surface area contributed by atoms with Gasteiger partial charge < -0.3 is 29.4 Å². The number of pyridine rings is 1. The number of carbonyl (C=O) groups excluding carboxylic acids is 1. The molecule has 3 heterocycles. The van der Waals surface area contributed by atoms with Crippen LogP contribution < -0.4 is 20.5 Å². The Kier molecular flexibility index (Phi) is 9.59. The highest BCUT2D eigenvalue weighted by molar-refractivity contribution is 6.36. The summed E-state index contributed by atoms with van der Waals surface area (Å²) in [6, 6.07) is 5.94. The van der Waals surface area contributed by atoms with Crippen LogP contribution in [0.1, 0.15) is 66.2 Å². The summed E-state index contributed by atoms with van der Waals surface area (Å²) in [5.41, 5.74) is 2.82. The lowest BCUT2D eigenvalue weighted by Crippen LogP contribution is -2.54. The lowest BCUT2D eigenvalue weighted by molar-refractivity contribution is -0.0581. The largest absolute Gasteiger partial charge is 0.486 e. The van der Waals surface area contributed by atoms with Gasteiger partial charge in [0.25, 0.3) is 11.5 Å². The summed E-state index contributed by atoms with van der Waals surface area (Å²) in [4.78, 5) is 33.7. The third-order valence-corrected chi connectivity index (χ3v) is 9.08. The summed E-state index contributed by atoms with van der Waals surface area (Å²) in [6.07, 6.45) is 4.85. The van der Waals surface area contributed by atoms with Gasteiger partial charge in [0, 0.05) is 69.3 Å². The number of carbonyl (C=O) groups is 1. The molecule has 0 spiro atoms. The summed E-state index contributed by atoms with van der Waals surface area (Å²) in [5.74, 6) is 0.317. The molecule has 1 amide bonds. The molecule has 3 fully saturated rings. The average molecular weight is 587 g/mol. The van der Waals surface area contributed by atoms with Crippen molar-refractivity contribution in [2.45, 2.75) is 71.1 Å². The van der Waals surface area contributed by atoms with Crippen LogP contribution in [-0.2, 0) is 16.0 Å². The van der Waals surface area contributed by atoms with Crippen molar-refractivity contribution in [2.24, 2.45) is 0 Å². The Morgan fingerprint density at radius 3 is 2.49 bits per heavy atom. The number of aryl methyl sites for hydroxylation is 2. The van der Waals surface area contributed by atoms with Gasteiger partial charge in [0.1, 0.15) is 11.4 Å². The zero-order valence-corrected chi connectivity index (χ0v) is 25.3. The van der Waals surface area contributed by atoms with Crippen LogP contribution in [0.3, 0.4) is 0 Å².